The van der Waals surface area contributed by atoms with Crippen LogP contribution in [0.2, 0.25) is 6.82 Å². The molecular weight excluding hydrogens is 359 g/mol. The second kappa shape index (κ2) is 6.37. The van der Waals surface area contributed by atoms with E-state index in [-0.39, 0.29) is 12.7 Å². The number of aromatic nitrogens is 3. The van der Waals surface area contributed by atoms with Crippen molar-refractivity contribution in [3.8, 4) is 5.69 Å². The van der Waals surface area contributed by atoms with E-state index in [2.05, 4.69) is 22.7 Å². The molecule has 3 aromatic heterocycles. The molecule has 0 saturated heterocycles. The third kappa shape index (κ3) is 2.63. The molecule has 0 atom stereocenters. The second-order valence-corrected chi connectivity index (χ2v) is 7.59. The minimum Gasteiger partial charge on any atom is -0.448 e. The van der Waals surface area contributed by atoms with Crippen LogP contribution in [-0.2, 0) is 7.05 Å². The monoisotopic (exact) mass is 386 g/mol. The molecule has 1 aliphatic heterocycles. The zero-order chi connectivity index (χ0) is 22.8. The summed E-state index contributed by atoms with van der Waals surface area (Å²) in [4.78, 5) is 6.66. The number of para-hydroxylation sites is 1. The normalized spacial score (nSPS) is 15.7. The highest BCUT2D eigenvalue weighted by molar-refractivity contribution is 6.76. The summed E-state index contributed by atoms with van der Waals surface area (Å²) in [5, 5.41) is 0.992. The SMILES string of the molecule is [2H]C([2H])([2H])c1n(-c2ccccc2)cc(N2B(C)c3oc4nc(C)ccc4c3C=C2C)[n+]1C. The average molecular weight is 386 g/mol. The number of aryl methyl sites for hydroxylation is 1. The van der Waals surface area contributed by atoms with E-state index in [1.54, 1.807) is 16.2 Å². The number of anilines is 1. The molecule has 0 N–H and O–H groups in total. The van der Waals surface area contributed by atoms with Crippen LogP contribution in [-0.4, -0.2) is 16.4 Å². The molecule has 144 valence electrons. The van der Waals surface area contributed by atoms with Crippen molar-refractivity contribution in [2.45, 2.75) is 27.5 Å². The predicted octanol–water partition coefficient (Wildman–Crippen LogP) is 3.77. The quantitative estimate of drug-likeness (QED) is 0.389. The van der Waals surface area contributed by atoms with Crippen LogP contribution in [0.4, 0.5) is 5.82 Å². The Hall–Kier alpha value is -3.28. The first-order valence-electron chi connectivity index (χ1n) is 11.2. The van der Waals surface area contributed by atoms with E-state index in [0.29, 0.717) is 5.71 Å². The molecule has 0 spiro atoms. The van der Waals surface area contributed by atoms with Crippen LogP contribution in [0.3, 0.4) is 0 Å². The minimum atomic E-state index is -2.29. The topological polar surface area (TPSA) is 38.1 Å². The van der Waals surface area contributed by atoms with Crippen molar-refractivity contribution >= 4 is 35.5 Å². The van der Waals surface area contributed by atoms with Gasteiger partial charge in [0.1, 0.15) is 17.5 Å². The Bertz CT molecular complexity index is 1370. The molecule has 0 radical (unpaired) electrons. The lowest BCUT2D eigenvalue weighted by Gasteiger charge is -2.26. The van der Waals surface area contributed by atoms with Crippen molar-refractivity contribution in [2.24, 2.45) is 7.05 Å². The van der Waals surface area contributed by atoms with Crippen LogP contribution in [0, 0.1) is 13.8 Å². The van der Waals surface area contributed by atoms with Gasteiger partial charge in [-0.15, -0.1) is 0 Å². The molecule has 5 rings (SSSR count). The number of hydrogen-bond acceptors (Lipinski definition) is 3. The van der Waals surface area contributed by atoms with Gasteiger partial charge in [0.2, 0.25) is 17.4 Å². The maximum Gasteiger partial charge on any atom is 0.409 e. The third-order valence-corrected chi connectivity index (χ3v) is 5.68. The van der Waals surface area contributed by atoms with Gasteiger partial charge in [-0.1, -0.05) is 18.2 Å². The summed E-state index contributed by atoms with van der Waals surface area (Å²) >= 11 is 0. The van der Waals surface area contributed by atoms with E-state index in [0.717, 1.165) is 39.5 Å². The minimum absolute atomic E-state index is 0.133. The smallest absolute Gasteiger partial charge is 0.409 e. The first kappa shape index (κ1) is 14.7. The van der Waals surface area contributed by atoms with Crippen molar-refractivity contribution in [2.75, 3.05) is 4.81 Å². The van der Waals surface area contributed by atoms with Gasteiger partial charge >= 0.3 is 6.85 Å². The number of furan rings is 1. The number of nitrogens with zero attached hydrogens (tertiary/aromatic N) is 4. The largest absolute Gasteiger partial charge is 0.448 e. The Balaban J connectivity index is 1.69. The Morgan fingerprint density at radius 3 is 2.69 bits per heavy atom. The van der Waals surface area contributed by atoms with Crippen LogP contribution in [0.5, 0.6) is 0 Å². The van der Waals surface area contributed by atoms with Gasteiger partial charge < -0.3 is 9.23 Å². The first-order valence-corrected chi connectivity index (χ1v) is 9.71. The molecule has 0 aliphatic carbocycles. The molecule has 1 aromatic carbocycles. The predicted molar refractivity (Wildman–Crippen MR) is 118 cm³/mol. The Kier molecular flexibility index (Phi) is 3.23. The van der Waals surface area contributed by atoms with Gasteiger partial charge in [-0.25, -0.2) is 14.1 Å². The zero-order valence-corrected chi connectivity index (χ0v) is 17.0. The summed E-state index contributed by atoms with van der Waals surface area (Å²) in [6.07, 6.45) is 3.98. The van der Waals surface area contributed by atoms with Gasteiger partial charge in [-0.05, 0) is 51.0 Å². The highest BCUT2D eigenvalue weighted by atomic mass is 16.3. The summed E-state index contributed by atoms with van der Waals surface area (Å²) in [5.74, 6) is 1.02. The van der Waals surface area contributed by atoms with Crippen LogP contribution in [0.1, 0.15) is 28.1 Å². The fourth-order valence-electron chi connectivity index (χ4n) is 4.19. The van der Waals surface area contributed by atoms with E-state index in [1.807, 2.05) is 62.5 Å². The van der Waals surface area contributed by atoms with E-state index < -0.39 is 6.85 Å². The van der Waals surface area contributed by atoms with Crippen LogP contribution in [0.15, 0.2) is 58.8 Å². The lowest BCUT2D eigenvalue weighted by atomic mass is 9.57. The third-order valence-electron chi connectivity index (χ3n) is 5.68. The Morgan fingerprint density at radius 2 is 1.93 bits per heavy atom. The Morgan fingerprint density at radius 1 is 1.14 bits per heavy atom. The van der Waals surface area contributed by atoms with Crippen molar-refractivity contribution < 1.29 is 13.1 Å². The van der Waals surface area contributed by atoms with Crippen molar-refractivity contribution in [3.63, 3.8) is 0 Å². The fraction of sp³-hybridized carbons (Fsp3) is 0.217. The molecule has 4 aromatic rings. The number of fused-ring (bicyclic) bond motifs is 3. The lowest BCUT2D eigenvalue weighted by Crippen LogP contribution is -2.52. The standard InChI is InChI=1S/C23H24BN4O/c1-15-11-12-19-20-13-16(2)28(24(4)22(20)29-23(19)25-15)21-14-27(17(3)26(21)5)18-9-7-6-8-10-18/h6-14H,1-5H3/q+1/i3D3. The van der Waals surface area contributed by atoms with Crippen molar-refractivity contribution in [1.82, 2.24) is 9.55 Å². The first-order chi connectivity index (χ1) is 15.2. The second-order valence-electron chi connectivity index (χ2n) is 7.59. The summed E-state index contributed by atoms with van der Waals surface area (Å²) < 4.78 is 34.2. The van der Waals surface area contributed by atoms with Crippen molar-refractivity contribution in [1.29, 1.82) is 0 Å². The number of hydrogen-bond donors (Lipinski definition) is 0. The molecule has 0 saturated carbocycles. The molecule has 1 aliphatic rings. The molecule has 6 heteroatoms. The molecule has 0 fully saturated rings. The molecule has 0 amide bonds. The molecule has 4 heterocycles. The van der Waals surface area contributed by atoms with Crippen molar-refractivity contribution in [3.05, 3.63) is 71.4 Å². The van der Waals surface area contributed by atoms with E-state index in [4.69, 9.17) is 8.53 Å². The highest BCUT2D eigenvalue weighted by Gasteiger charge is 2.40. The van der Waals surface area contributed by atoms with E-state index in [1.165, 1.54) is 0 Å². The summed E-state index contributed by atoms with van der Waals surface area (Å²) in [5.41, 5.74) is 5.20. The summed E-state index contributed by atoms with van der Waals surface area (Å²) in [7, 11) is 1.80. The fourth-order valence-corrected chi connectivity index (χ4v) is 4.19. The highest BCUT2D eigenvalue weighted by Crippen LogP contribution is 2.30. The summed E-state index contributed by atoms with van der Waals surface area (Å²) in [6.45, 7) is 3.63. The van der Waals surface area contributed by atoms with Gasteiger partial charge in [0.25, 0.3) is 0 Å². The molecular formula is C23H24BN4O+. The Labute approximate surface area is 175 Å². The van der Waals surface area contributed by atoms with E-state index >= 15 is 0 Å². The maximum absolute atomic E-state index is 8.17. The molecule has 5 nitrogen and oxygen atoms in total. The maximum atomic E-state index is 8.17. The van der Waals surface area contributed by atoms with E-state index in [9.17, 15) is 0 Å². The van der Waals surface area contributed by atoms with Gasteiger partial charge in [0.15, 0.2) is 0 Å². The number of imidazole rings is 1. The zero-order valence-electron chi connectivity index (χ0n) is 20.0. The number of pyridine rings is 1. The number of allylic oxidation sites excluding steroid dienone is 1. The number of benzene rings is 1. The average Bonchev–Trinajstić information content (AvgIpc) is 3.26. The molecule has 0 unspecified atom stereocenters. The van der Waals surface area contributed by atoms with Gasteiger partial charge in [0, 0.05) is 27.6 Å². The number of rotatable bonds is 2. The van der Waals surface area contributed by atoms with Crippen LogP contribution < -0.4 is 15.0 Å². The lowest BCUT2D eigenvalue weighted by molar-refractivity contribution is -0.664. The van der Waals surface area contributed by atoms with Gasteiger partial charge in [-0.2, -0.15) is 0 Å². The van der Waals surface area contributed by atoms with Gasteiger partial charge in [0.05, 0.1) is 12.7 Å². The molecule has 29 heavy (non-hydrogen) atoms. The molecule has 0 bridgehead atoms. The summed E-state index contributed by atoms with van der Waals surface area (Å²) in [6, 6.07) is 13.6. The van der Waals surface area contributed by atoms with Crippen LogP contribution in [0.25, 0.3) is 22.9 Å². The van der Waals surface area contributed by atoms with Gasteiger partial charge in [-0.3, -0.25) is 0 Å². The van der Waals surface area contributed by atoms with Crippen LogP contribution >= 0.6 is 0 Å².